The van der Waals surface area contributed by atoms with E-state index in [9.17, 15) is 14.7 Å². The maximum absolute atomic E-state index is 12.4. The van der Waals surface area contributed by atoms with Crippen LogP contribution in [-0.4, -0.2) is 21.7 Å². The molecule has 0 spiro atoms. The summed E-state index contributed by atoms with van der Waals surface area (Å²) >= 11 is 0. The number of carbonyl (C=O) groups is 2. The highest BCUT2D eigenvalue weighted by molar-refractivity contribution is 6.08. The van der Waals surface area contributed by atoms with E-state index in [4.69, 9.17) is 4.42 Å². The minimum Gasteiger partial charge on any atom is -0.503 e. The molecule has 0 bridgehead atoms. The number of nitrogens with zero attached hydrogens (tertiary/aromatic N) is 1. The van der Waals surface area contributed by atoms with E-state index < -0.39 is 17.7 Å². The molecule has 2 aromatic rings. The molecule has 3 rings (SSSR count). The minimum absolute atomic E-state index is 0.130. The first kappa shape index (κ1) is 15.1. The molecule has 0 saturated heterocycles. The molecular weight excluding hydrogens is 294 g/mol. The Labute approximate surface area is 133 Å². The Morgan fingerprint density at radius 2 is 1.96 bits per heavy atom. The molecular formula is C18H17NO4. The quantitative estimate of drug-likeness (QED) is 0.942. The highest BCUT2D eigenvalue weighted by Gasteiger charge is 2.42. The third-order valence-corrected chi connectivity index (χ3v) is 3.98. The molecule has 1 aliphatic rings. The molecule has 2 heterocycles. The van der Waals surface area contributed by atoms with Gasteiger partial charge in [-0.05, 0) is 31.5 Å². The summed E-state index contributed by atoms with van der Waals surface area (Å²) in [6.07, 6.45) is 1.52. The van der Waals surface area contributed by atoms with Crippen LogP contribution in [0.3, 0.4) is 0 Å². The molecule has 1 aromatic heterocycles. The van der Waals surface area contributed by atoms with E-state index in [1.165, 1.54) is 18.1 Å². The highest BCUT2D eigenvalue weighted by atomic mass is 16.3. The van der Waals surface area contributed by atoms with Gasteiger partial charge in [-0.1, -0.05) is 29.8 Å². The fraction of sp³-hybridized carbons (Fsp3) is 0.222. The van der Waals surface area contributed by atoms with Crippen molar-refractivity contribution in [3.63, 3.8) is 0 Å². The summed E-state index contributed by atoms with van der Waals surface area (Å²) in [4.78, 5) is 25.9. The fourth-order valence-corrected chi connectivity index (χ4v) is 2.84. The Morgan fingerprint density at radius 1 is 1.26 bits per heavy atom. The molecule has 1 aromatic carbocycles. The van der Waals surface area contributed by atoms with Crippen molar-refractivity contribution in [2.45, 2.75) is 26.4 Å². The lowest BCUT2D eigenvalue weighted by Crippen LogP contribution is -2.30. The minimum atomic E-state index is -0.606. The van der Waals surface area contributed by atoms with Crippen LogP contribution >= 0.6 is 0 Å². The van der Waals surface area contributed by atoms with Crippen LogP contribution in [0, 0.1) is 6.92 Å². The van der Waals surface area contributed by atoms with Crippen molar-refractivity contribution in [1.82, 2.24) is 4.90 Å². The van der Waals surface area contributed by atoms with E-state index in [1.54, 1.807) is 12.1 Å². The molecule has 1 N–H and O–H groups in total. The average Bonchev–Trinajstić information content (AvgIpc) is 3.10. The lowest BCUT2D eigenvalue weighted by atomic mass is 9.96. The smallest absolute Gasteiger partial charge is 0.290 e. The normalized spacial score (nSPS) is 17.9. The molecule has 0 saturated carbocycles. The molecule has 1 aliphatic heterocycles. The van der Waals surface area contributed by atoms with Crippen molar-refractivity contribution in [1.29, 1.82) is 0 Å². The number of furan rings is 1. The number of aliphatic hydroxyl groups is 1. The standard InChI is InChI=1S/C18H17NO4/c1-11-5-7-13(8-6-11)16-15(12(2)20)17(21)18(22)19(16)10-14-4-3-9-23-14/h3-9,16,21H,10H2,1-2H3. The van der Waals surface area contributed by atoms with Gasteiger partial charge in [0.2, 0.25) is 0 Å². The maximum atomic E-state index is 12.4. The zero-order chi connectivity index (χ0) is 16.6. The number of hydrogen-bond donors (Lipinski definition) is 1. The van der Waals surface area contributed by atoms with Gasteiger partial charge < -0.3 is 14.4 Å². The van der Waals surface area contributed by atoms with Gasteiger partial charge in [0.25, 0.3) is 5.91 Å². The summed E-state index contributed by atoms with van der Waals surface area (Å²) in [5.74, 6) is -0.761. The summed E-state index contributed by atoms with van der Waals surface area (Å²) in [6, 6.07) is 10.4. The third-order valence-electron chi connectivity index (χ3n) is 3.98. The molecule has 0 fully saturated rings. The van der Waals surface area contributed by atoms with E-state index in [0.29, 0.717) is 5.76 Å². The van der Waals surface area contributed by atoms with Crippen LogP contribution in [0.15, 0.2) is 58.4 Å². The van der Waals surface area contributed by atoms with Crippen LogP contribution in [0.2, 0.25) is 0 Å². The number of carbonyl (C=O) groups excluding carboxylic acids is 2. The molecule has 1 unspecified atom stereocenters. The Hall–Kier alpha value is -2.82. The number of amides is 1. The van der Waals surface area contributed by atoms with Crippen LogP contribution in [-0.2, 0) is 16.1 Å². The predicted octanol–water partition coefficient (Wildman–Crippen LogP) is 3.07. The first-order valence-electron chi connectivity index (χ1n) is 7.33. The van der Waals surface area contributed by atoms with Crippen LogP contribution in [0.4, 0.5) is 0 Å². The number of rotatable bonds is 4. The van der Waals surface area contributed by atoms with Crippen molar-refractivity contribution >= 4 is 11.7 Å². The van der Waals surface area contributed by atoms with E-state index in [1.807, 2.05) is 31.2 Å². The van der Waals surface area contributed by atoms with Crippen molar-refractivity contribution in [3.05, 3.63) is 70.9 Å². The summed E-state index contributed by atoms with van der Waals surface area (Å²) in [5, 5.41) is 10.2. The predicted molar refractivity (Wildman–Crippen MR) is 83.5 cm³/mol. The lowest BCUT2D eigenvalue weighted by molar-refractivity contribution is -0.130. The van der Waals surface area contributed by atoms with Crippen molar-refractivity contribution < 1.29 is 19.1 Å². The van der Waals surface area contributed by atoms with Gasteiger partial charge in [0.15, 0.2) is 11.5 Å². The van der Waals surface area contributed by atoms with E-state index >= 15 is 0 Å². The fourth-order valence-electron chi connectivity index (χ4n) is 2.84. The van der Waals surface area contributed by atoms with Crippen LogP contribution in [0.5, 0.6) is 0 Å². The number of ketones is 1. The number of benzene rings is 1. The molecule has 5 nitrogen and oxygen atoms in total. The van der Waals surface area contributed by atoms with Gasteiger partial charge in [-0.2, -0.15) is 0 Å². The molecule has 5 heteroatoms. The van der Waals surface area contributed by atoms with Gasteiger partial charge in [-0.15, -0.1) is 0 Å². The number of hydrogen-bond acceptors (Lipinski definition) is 4. The van der Waals surface area contributed by atoms with Gasteiger partial charge in [-0.3, -0.25) is 9.59 Å². The Kier molecular flexibility index (Phi) is 3.78. The maximum Gasteiger partial charge on any atom is 0.290 e. The highest BCUT2D eigenvalue weighted by Crippen LogP contribution is 2.38. The second-order valence-electron chi connectivity index (χ2n) is 5.64. The van der Waals surface area contributed by atoms with Gasteiger partial charge >= 0.3 is 0 Å². The van der Waals surface area contributed by atoms with Gasteiger partial charge in [0.05, 0.1) is 24.4 Å². The molecule has 1 amide bonds. The Morgan fingerprint density at radius 3 is 2.52 bits per heavy atom. The van der Waals surface area contributed by atoms with E-state index in [-0.39, 0.29) is 17.9 Å². The second-order valence-corrected chi connectivity index (χ2v) is 5.64. The Balaban J connectivity index is 2.05. The summed E-state index contributed by atoms with van der Waals surface area (Å²) in [5.41, 5.74) is 1.99. The van der Waals surface area contributed by atoms with Gasteiger partial charge in [0, 0.05) is 0 Å². The third kappa shape index (κ3) is 2.65. The first-order valence-corrected chi connectivity index (χ1v) is 7.33. The average molecular weight is 311 g/mol. The van der Waals surface area contributed by atoms with Crippen molar-refractivity contribution in [3.8, 4) is 0 Å². The summed E-state index contributed by atoms with van der Waals surface area (Å²) in [7, 11) is 0. The topological polar surface area (TPSA) is 70.8 Å². The largest absolute Gasteiger partial charge is 0.503 e. The first-order chi connectivity index (χ1) is 11.0. The van der Waals surface area contributed by atoms with E-state index in [0.717, 1.165) is 11.1 Å². The zero-order valence-corrected chi connectivity index (χ0v) is 12.9. The molecule has 0 aliphatic carbocycles. The zero-order valence-electron chi connectivity index (χ0n) is 12.9. The number of Topliss-reactive ketones (excluding diaryl/α,β-unsaturated/α-hetero) is 1. The van der Waals surface area contributed by atoms with Gasteiger partial charge in [-0.25, -0.2) is 0 Å². The lowest BCUT2D eigenvalue weighted by Gasteiger charge is -2.25. The van der Waals surface area contributed by atoms with Crippen LogP contribution in [0.1, 0.15) is 29.9 Å². The van der Waals surface area contributed by atoms with E-state index in [2.05, 4.69) is 0 Å². The second kappa shape index (κ2) is 5.76. The molecule has 0 radical (unpaired) electrons. The van der Waals surface area contributed by atoms with Crippen LogP contribution < -0.4 is 0 Å². The number of aliphatic hydroxyl groups excluding tert-OH is 1. The van der Waals surface area contributed by atoms with Gasteiger partial charge in [0.1, 0.15) is 5.76 Å². The molecule has 23 heavy (non-hydrogen) atoms. The monoisotopic (exact) mass is 311 g/mol. The number of aryl methyl sites for hydroxylation is 1. The van der Waals surface area contributed by atoms with Crippen molar-refractivity contribution in [2.75, 3.05) is 0 Å². The SMILES string of the molecule is CC(=O)C1=C(O)C(=O)N(Cc2ccco2)C1c1ccc(C)cc1. The van der Waals surface area contributed by atoms with Crippen LogP contribution in [0.25, 0.3) is 0 Å². The summed E-state index contributed by atoms with van der Waals surface area (Å²) in [6.45, 7) is 3.50. The molecule has 118 valence electrons. The summed E-state index contributed by atoms with van der Waals surface area (Å²) < 4.78 is 5.30. The Bertz CT molecular complexity index is 772. The molecule has 1 atom stereocenters. The van der Waals surface area contributed by atoms with Crippen molar-refractivity contribution in [2.24, 2.45) is 0 Å².